The number of carbonyl (C=O) groups excluding carboxylic acids is 2. The van der Waals surface area contributed by atoms with E-state index < -0.39 is 0 Å². The molecule has 0 saturated heterocycles. The van der Waals surface area contributed by atoms with Crippen molar-refractivity contribution in [2.75, 3.05) is 17.7 Å². The molecule has 7 heteroatoms. The van der Waals surface area contributed by atoms with Crippen LogP contribution >= 0.6 is 11.8 Å². The number of amides is 2. The Balaban J connectivity index is 1.70. The smallest absolute Gasteiger partial charge is 0.234 e. The topological polar surface area (TPSA) is 91.2 Å². The van der Waals surface area contributed by atoms with Crippen molar-refractivity contribution >= 4 is 29.3 Å². The highest BCUT2D eigenvalue weighted by atomic mass is 32.2. The lowest BCUT2D eigenvalue weighted by Crippen LogP contribution is -2.31. The van der Waals surface area contributed by atoms with E-state index in [-0.39, 0.29) is 29.9 Å². The summed E-state index contributed by atoms with van der Waals surface area (Å²) in [4.78, 5) is 24.7. The number of ether oxygens (including phenoxy) is 1. The van der Waals surface area contributed by atoms with Gasteiger partial charge in [0.1, 0.15) is 5.75 Å². The second kappa shape index (κ2) is 10.7. The van der Waals surface area contributed by atoms with Gasteiger partial charge in [-0.05, 0) is 48.7 Å². The highest BCUT2D eigenvalue weighted by Gasteiger charge is 2.29. The van der Waals surface area contributed by atoms with Crippen molar-refractivity contribution < 1.29 is 14.3 Å². The van der Waals surface area contributed by atoms with Gasteiger partial charge in [-0.15, -0.1) is 0 Å². The Morgan fingerprint density at radius 2 is 1.90 bits per heavy atom. The molecule has 0 saturated carbocycles. The van der Waals surface area contributed by atoms with E-state index in [0.29, 0.717) is 17.2 Å². The zero-order valence-corrected chi connectivity index (χ0v) is 18.4. The van der Waals surface area contributed by atoms with Crippen molar-refractivity contribution in [3.8, 4) is 11.8 Å². The average molecular weight is 436 g/mol. The normalized spacial score (nSPS) is 15.8. The van der Waals surface area contributed by atoms with Gasteiger partial charge in [-0.2, -0.15) is 5.26 Å². The van der Waals surface area contributed by atoms with Gasteiger partial charge in [0.15, 0.2) is 0 Å². The number of nitriles is 1. The van der Waals surface area contributed by atoms with E-state index >= 15 is 0 Å². The number of nitrogens with zero attached hydrogens (tertiary/aromatic N) is 1. The van der Waals surface area contributed by atoms with Crippen LogP contribution in [0.2, 0.25) is 0 Å². The second-order valence-corrected chi connectivity index (χ2v) is 8.03. The van der Waals surface area contributed by atoms with Crippen molar-refractivity contribution in [1.29, 1.82) is 5.26 Å². The predicted molar refractivity (Wildman–Crippen MR) is 123 cm³/mol. The molecule has 0 aliphatic carbocycles. The summed E-state index contributed by atoms with van der Waals surface area (Å²) in [7, 11) is 0. The molecule has 160 valence electrons. The molecule has 2 aromatic rings. The van der Waals surface area contributed by atoms with E-state index in [2.05, 4.69) is 23.6 Å². The van der Waals surface area contributed by atoms with Gasteiger partial charge in [0.25, 0.3) is 0 Å². The number of nitrogens with one attached hydrogen (secondary N) is 2. The van der Waals surface area contributed by atoms with Crippen LogP contribution in [0, 0.1) is 11.3 Å². The molecule has 1 heterocycles. The third kappa shape index (κ3) is 5.89. The summed E-state index contributed by atoms with van der Waals surface area (Å²) in [5.41, 5.74) is 3.25. The van der Waals surface area contributed by atoms with Gasteiger partial charge in [-0.1, -0.05) is 43.0 Å². The summed E-state index contributed by atoms with van der Waals surface area (Å²) in [6, 6.07) is 17.3. The maximum Gasteiger partial charge on any atom is 0.234 e. The minimum Gasteiger partial charge on any atom is -0.494 e. The van der Waals surface area contributed by atoms with Gasteiger partial charge in [0, 0.05) is 18.0 Å². The molecule has 1 aliphatic heterocycles. The molecule has 1 aliphatic rings. The lowest BCUT2D eigenvalue weighted by atomic mass is 9.87. The van der Waals surface area contributed by atoms with Gasteiger partial charge in [0.05, 0.1) is 29.0 Å². The number of hydrogen-bond acceptors (Lipinski definition) is 5. The minimum atomic E-state index is -0.346. The first-order chi connectivity index (χ1) is 15.0. The van der Waals surface area contributed by atoms with Gasteiger partial charge in [-0.25, -0.2) is 0 Å². The number of hydrogen-bond donors (Lipinski definition) is 2. The van der Waals surface area contributed by atoms with E-state index in [4.69, 9.17) is 4.74 Å². The summed E-state index contributed by atoms with van der Waals surface area (Å²) in [5, 5.41) is 15.8. The first-order valence-corrected chi connectivity index (χ1v) is 11.2. The number of aryl methyl sites for hydroxylation is 1. The van der Waals surface area contributed by atoms with Crippen LogP contribution in [0.1, 0.15) is 37.3 Å². The summed E-state index contributed by atoms with van der Waals surface area (Å²) in [5.74, 6) is 0.119. The Morgan fingerprint density at radius 3 is 2.52 bits per heavy atom. The zero-order chi connectivity index (χ0) is 22.2. The van der Waals surface area contributed by atoms with Crippen LogP contribution < -0.4 is 15.4 Å². The van der Waals surface area contributed by atoms with Crippen LogP contribution in [0.5, 0.6) is 5.75 Å². The molecule has 0 fully saturated rings. The largest absolute Gasteiger partial charge is 0.494 e. The molecule has 0 spiro atoms. The monoisotopic (exact) mass is 435 g/mol. The highest BCUT2D eigenvalue weighted by molar-refractivity contribution is 8.03. The fourth-order valence-electron chi connectivity index (χ4n) is 3.34. The molecule has 31 heavy (non-hydrogen) atoms. The number of anilines is 1. The molecule has 1 atom stereocenters. The van der Waals surface area contributed by atoms with Crippen molar-refractivity contribution in [3.05, 3.63) is 70.3 Å². The zero-order valence-electron chi connectivity index (χ0n) is 17.6. The molecule has 0 radical (unpaired) electrons. The predicted octanol–water partition coefficient (Wildman–Crippen LogP) is 4.36. The first kappa shape index (κ1) is 22.4. The summed E-state index contributed by atoms with van der Waals surface area (Å²) in [6.45, 7) is 4.56. The molecule has 2 aromatic carbocycles. The van der Waals surface area contributed by atoms with Gasteiger partial charge in [0.2, 0.25) is 11.8 Å². The maximum atomic E-state index is 12.4. The van der Waals surface area contributed by atoms with Crippen molar-refractivity contribution in [2.24, 2.45) is 0 Å². The molecular formula is C24H25N3O3S. The first-order valence-electron chi connectivity index (χ1n) is 10.2. The Hall–Kier alpha value is -3.24. The Bertz CT molecular complexity index is 1010. The third-order valence-corrected chi connectivity index (χ3v) is 5.96. The van der Waals surface area contributed by atoms with Crippen LogP contribution in [0.3, 0.4) is 0 Å². The molecule has 0 aromatic heterocycles. The Kier molecular flexibility index (Phi) is 7.74. The SMILES string of the molecule is CCOc1ccc([C@@H]2CC(=O)NC(SCC(=O)Nc3ccc(CC)cc3)=C2C#N)cc1. The number of carbonyl (C=O) groups is 2. The third-order valence-electron chi connectivity index (χ3n) is 4.94. The molecular weight excluding hydrogens is 410 g/mol. The Labute approximate surface area is 186 Å². The van der Waals surface area contributed by atoms with E-state index in [0.717, 1.165) is 23.4 Å². The fraction of sp³-hybridized carbons (Fsp3) is 0.292. The van der Waals surface area contributed by atoms with E-state index in [1.165, 1.54) is 17.3 Å². The van der Waals surface area contributed by atoms with Crippen molar-refractivity contribution in [1.82, 2.24) is 5.32 Å². The van der Waals surface area contributed by atoms with Gasteiger partial charge >= 0.3 is 0 Å². The lowest BCUT2D eigenvalue weighted by molar-refractivity contribution is -0.121. The van der Waals surface area contributed by atoms with E-state index in [1.54, 1.807) is 0 Å². The quantitative estimate of drug-likeness (QED) is 0.643. The van der Waals surface area contributed by atoms with Crippen LogP contribution in [-0.4, -0.2) is 24.2 Å². The van der Waals surface area contributed by atoms with Gasteiger partial charge < -0.3 is 15.4 Å². The fourth-order valence-corrected chi connectivity index (χ4v) is 4.22. The van der Waals surface area contributed by atoms with E-state index in [9.17, 15) is 14.9 Å². The van der Waals surface area contributed by atoms with Crippen LogP contribution in [0.4, 0.5) is 5.69 Å². The molecule has 0 unspecified atom stereocenters. The molecule has 6 nitrogen and oxygen atoms in total. The second-order valence-electron chi connectivity index (χ2n) is 7.05. The molecule has 2 amide bonds. The van der Waals surface area contributed by atoms with Crippen LogP contribution in [0.15, 0.2) is 59.1 Å². The van der Waals surface area contributed by atoms with Gasteiger partial charge in [-0.3, -0.25) is 9.59 Å². The van der Waals surface area contributed by atoms with Crippen LogP contribution in [0.25, 0.3) is 0 Å². The number of thioether (sulfide) groups is 1. The van der Waals surface area contributed by atoms with Crippen LogP contribution in [-0.2, 0) is 16.0 Å². The average Bonchev–Trinajstić information content (AvgIpc) is 2.78. The molecule has 0 bridgehead atoms. The number of allylic oxidation sites excluding steroid dienone is 1. The Morgan fingerprint density at radius 1 is 1.19 bits per heavy atom. The van der Waals surface area contributed by atoms with Crippen molar-refractivity contribution in [3.63, 3.8) is 0 Å². The number of rotatable bonds is 8. The summed E-state index contributed by atoms with van der Waals surface area (Å²) >= 11 is 1.17. The summed E-state index contributed by atoms with van der Waals surface area (Å²) in [6.07, 6.45) is 1.13. The maximum absolute atomic E-state index is 12.4. The van der Waals surface area contributed by atoms with E-state index in [1.807, 2.05) is 55.5 Å². The standard InChI is InChI=1S/C24H25N3O3S/c1-3-16-5-9-18(10-6-16)26-23(29)15-31-24-21(14-25)20(13-22(28)27-24)17-7-11-19(12-8-17)30-4-2/h5-12,20H,3-4,13,15H2,1-2H3,(H,26,29)(H,27,28)/t20-/m0/s1. The lowest BCUT2D eigenvalue weighted by Gasteiger charge is -2.25. The molecule has 2 N–H and O–H groups in total. The number of benzene rings is 2. The van der Waals surface area contributed by atoms with Crippen molar-refractivity contribution in [2.45, 2.75) is 32.6 Å². The molecule has 3 rings (SSSR count). The highest BCUT2D eigenvalue weighted by Crippen LogP contribution is 2.36. The minimum absolute atomic E-state index is 0.0896. The summed E-state index contributed by atoms with van der Waals surface area (Å²) < 4.78 is 5.47.